The van der Waals surface area contributed by atoms with Crippen LogP contribution in [0, 0.1) is 0 Å². The van der Waals surface area contributed by atoms with Crippen LogP contribution in [0.25, 0.3) is 11.1 Å². The maximum atomic E-state index is 12.7. The Balaban J connectivity index is 1.26. The summed E-state index contributed by atoms with van der Waals surface area (Å²) in [6.45, 7) is 1.94. The summed E-state index contributed by atoms with van der Waals surface area (Å²) in [5, 5.41) is 0. The quantitative estimate of drug-likeness (QED) is 0.440. The Labute approximate surface area is 202 Å². The van der Waals surface area contributed by atoms with Crippen molar-refractivity contribution in [2.75, 3.05) is 26.2 Å². The number of amides is 2. The van der Waals surface area contributed by atoms with Gasteiger partial charge < -0.3 is 9.80 Å². The van der Waals surface area contributed by atoms with Crippen molar-refractivity contribution in [1.29, 1.82) is 0 Å². The zero-order valence-electron chi connectivity index (χ0n) is 18.2. The highest BCUT2D eigenvalue weighted by Crippen LogP contribution is 2.21. The van der Waals surface area contributed by atoms with E-state index in [1.807, 2.05) is 72.8 Å². The predicted octanol–water partition coefficient (Wildman–Crippen LogP) is 5.06. The maximum absolute atomic E-state index is 12.7. The highest BCUT2D eigenvalue weighted by atomic mass is 79.9. The number of rotatable bonds is 6. The van der Waals surface area contributed by atoms with Gasteiger partial charge in [0.05, 0.1) is 5.56 Å². The Hall–Kier alpha value is -3.25. The standard InChI is InChI=1S/C27H25BrN2O3/c28-24-9-5-4-8-23(24)27(33)30-18-16-29(17-19-30)26(32)15-14-25(31)22-12-10-21(11-13-22)20-6-2-1-3-7-20/h1-13H,14-19H2. The van der Waals surface area contributed by atoms with Gasteiger partial charge in [-0.2, -0.15) is 0 Å². The number of benzene rings is 3. The van der Waals surface area contributed by atoms with Crippen molar-refractivity contribution in [3.63, 3.8) is 0 Å². The van der Waals surface area contributed by atoms with Crippen LogP contribution in [0.3, 0.4) is 0 Å². The maximum Gasteiger partial charge on any atom is 0.255 e. The molecule has 0 aliphatic carbocycles. The molecular weight excluding hydrogens is 480 g/mol. The molecule has 33 heavy (non-hydrogen) atoms. The van der Waals surface area contributed by atoms with Crippen LogP contribution in [-0.2, 0) is 4.79 Å². The molecular formula is C27H25BrN2O3. The Morgan fingerprint density at radius 3 is 1.91 bits per heavy atom. The summed E-state index contributed by atoms with van der Waals surface area (Å²) in [5.74, 6) is -0.119. The third-order valence-corrected chi connectivity index (χ3v) is 6.60. The minimum Gasteiger partial charge on any atom is -0.339 e. The van der Waals surface area contributed by atoms with Crippen LogP contribution < -0.4 is 0 Å². The summed E-state index contributed by atoms with van der Waals surface area (Å²) < 4.78 is 0.767. The fourth-order valence-electron chi connectivity index (χ4n) is 3.97. The van der Waals surface area contributed by atoms with Crippen LogP contribution in [0.1, 0.15) is 33.6 Å². The Morgan fingerprint density at radius 2 is 1.24 bits per heavy atom. The molecule has 3 aromatic carbocycles. The minimum absolute atomic E-state index is 0.0364. The number of carbonyl (C=O) groups excluding carboxylic acids is 3. The second kappa shape index (κ2) is 10.6. The Morgan fingerprint density at radius 1 is 0.667 bits per heavy atom. The van der Waals surface area contributed by atoms with E-state index in [1.54, 1.807) is 15.9 Å². The second-order valence-corrected chi connectivity index (χ2v) is 8.87. The van der Waals surface area contributed by atoms with E-state index in [-0.39, 0.29) is 30.4 Å². The number of ketones is 1. The number of halogens is 1. The predicted molar refractivity (Wildman–Crippen MR) is 132 cm³/mol. The van der Waals surface area contributed by atoms with E-state index >= 15 is 0 Å². The van der Waals surface area contributed by atoms with Crippen molar-refractivity contribution in [1.82, 2.24) is 9.80 Å². The molecule has 1 aliphatic rings. The SMILES string of the molecule is O=C(CCC(=O)N1CCN(C(=O)c2ccccc2Br)CC1)c1ccc(-c2ccccc2)cc1. The van der Waals surface area contributed by atoms with Gasteiger partial charge in [0.2, 0.25) is 5.91 Å². The molecule has 0 N–H and O–H groups in total. The van der Waals surface area contributed by atoms with Gasteiger partial charge in [-0.05, 0) is 39.2 Å². The number of piperazine rings is 1. The lowest BCUT2D eigenvalue weighted by Gasteiger charge is -2.35. The highest BCUT2D eigenvalue weighted by Gasteiger charge is 2.26. The number of hydrogen-bond donors (Lipinski definition) is 0. The zero-order valence-corrected chi connectivity index (χ0v) is 19.8. The lowest BCUT2D eigenvalue weighted by Crippen LogP contribution is -2.50. The summed E-state index contributed by atoms with van der Waals surface area (Å²) in [6.07, 6.45) is 0.358. The molecule has 1 aliphatic heterocycles. The molecule has 0 aromatic heterocycles. The van der Waals surface area contributed by atoms with E-state index in [9.17, 15) is 14.4 Å². The minimum atomic E-state index is -0.0442. The molecule has 6 heteroatoms. The molecule has 0 spiro atoms. The van der Waals surface area contributed by atoms with Crippen LogP contribution in [0.2, 0.25) is 0 Å². The van der Waals surface area contributed by atoms with Gasteiger partial charge in [0, 0.05) is 49.1 Å². The number of hydrogen-bond acceptors (Lipinski definition) is 3. The fraction of sp³-hybridized carbons (Fsp3) is 0.222. The first kappa shape index (κ1) is 22.9. The number of carbonyl (C=O) groups is 3. The largest absolute Gasteiger partial charge is 0.339 e. The molecule has 0 saturated carbocycles. The van der Waals surface area contributed by atoms with Gasteiger partial charge in [0.25, 0.3) is 5.91 Å². The third kappa shape index (κ3) is 5.57. The molecule has 0 bridgehead atoms. The summed E-state index contributed by atoms with van der Waals surface area (Å²) in [4.78, 5) is 41.5. The summed E-state index contributed by atoms with van der Waals surface area (Å²) in [6, 6.07) is 24.9. The van der Waals surface area contributed by atoms with E-state index in [0.717, 1.165) is 15.6 Å². The van der Waals surface area contributed by atoms with Crippen molar-refractivity contribution in [3.05, 3.63) is 94.5 Å². The normalized spacial score (nSPS) is 13.6. The smallest absolute Gasteiger partial charge is 0.255 e. The van der Waals surface area contributed by atoms with Gasteiger partial charge in [-0.3, -0.25) is 14.4 Å². The van der Waals surface area contributed by atoms with Crippen LogP contribution >= 0.6 is 15.9 Å². The van der Waals surface area contributed by atoms with Crippen LogP contribution in [-0.4, -0.2) is 53.6 Å². The van der Waals surface area contributed by atoms with E-state index in [4.69, 9.17) is 0 Å². The molecule has 3 aromatic rings. The van der Waals surface area contributed by atoms with E-state index < -0.39 is 0 Å². The molecule has 5 nitrogen and oxygen atoms in total. The molecule has 1 saturated heterocycles. The first-order valence-corrected chi connectivity index (χ1v) is 11.8. The van der Waals surface area contributed by atoms with E-state index in [1.165, 1.54) is 0 Å². The molecule has 4 rings (SSSR count). The Kier molecular flexibility index (Phi) is 7.35. The molecule has 1 heterocycles. The molecule has 168 valence electrons. The average molecular weight is 505 g/mol. The average Bonchev–Trinajstić information content (AvgIpc) is 2.87. The summed E-state index contributed by atoms with van der Waals surface area (Å²) in [7, 11) is 0. The topological polar surface area (TPSA) is 57.7 Å². The highest BCUT2D eigenvalue weighted by molar-refractivity contribution is 9.10. The van der Waals surface area contributed by atoms with Crippen molar-refractivity contribution in [2.45, 2.75) is 12.8 Å². The first-order chi connectivity index (χ1) is 16.0. The van der Waals surface area contributed by atoms with E-state index in [2.05, 4.69) is 15.9 Å². The van der Waals surface area contributed by atoms with Gasteiger partial charge in [-0.1, -0.05) is 66.7 Å². The molecule has 0 radical (unpaired) electrons. The van der Waals surface area contributed by atoms with Gasteiger partial charge >= 0.3 is 0 Å². The van der Waals surface area contributed by atoms with Crippen molar-refractivity contribution < 1.29 is 14.4 Å². The summed E-state index contributed by atoms with van der Waals surface area (Å²) >= 11 is 3.42. The van der Waals surface area contributed by atoms with Crippen LogP contribution in [0.15, 0.2) is 83.3 Å². The van der Waals surface area contributed by atoms with Crippen LogP contribution in [0.5, 0.6) is 0 Å². The zero-order chi connectivity index (χ0) is 23.2. The summed E-state index contributed by atoms with van der Waals surface area (Å²) in [5.41, 5.74) is 3.40. The van der Waals surface area contributed by atoms with E-state index in [0.29, 0.717) is 37.3 Å². The molecule has 0 unspecified atom stereocenters. The lowest BCUT2D eigenvalue weighted by molar-refractivity contribution is -0.132. The van der Waals surface area contributed by atoms with Crippen molar-refractivity contribution in [3.8, 4) is 11.1 Å². The van der Waals surface area contributed by atoms with Gasteiger partial charge in [0.15, 0.2) is 5.78 Å². The lowest BCUT2D eigenvalue weighted by atomic mass is 10.0. The fourth-order valence-corrected chi connectivity index (χ4v) is 4.42. The number of nitrogens with zero attached hydrogens (tertiary/aromatic N) is 2. The molecule has 0 atom stereocenters. The molecule has 2 amide bonds. The van der Waals surface area contributed by atoms with Gasteiger partial charge in [-0.25, -0.2) is 0 Å². The van der Waals surface area contributed by atoms with Crippen molar-refractivity contribution >= 4 is 33.5 Å². The van der Waals surface area contributed by atoms with Crippen LogP contribution in [0.4, 0.5) is 0 Å². The third-order valence-electron chi connectivity index (χ3n) is 5.90. The van der Waals surface area contributed by atoms with Crippen molar-refractivity contribution in [2.24, 2.45) is 0 Å². The van der Waals surface area contributed by atoms with Gasteiger partial charge in [0.1, 0.15) is 0 Å². The monoisotopic (exact) mass is 504 g/mol. The Bertz CT molecular complexity index is 1140. The first-order valence-electron chi connectivity index (χ1n) is 11.0. The molecule has 1 fully saturated rings. The van der Waals surface area contributed by atoms with Gasteiger partial charge in [-0.15, -0.1) is 0 Å². The second-order valence-electron chi connectivity index (χ2n) is 8.02. The number of Topliss-reactive ketones (excluding diaryl/α,β-unsaturated/α-hetero) is 1.